The van der Waals surface area contributed by atoms with E-state index in [9.17, 15) is 4.79 Å². The van der Waals surface area contributed by atoms with Crippen LogP contribution in [0.25, 0.3) is 0 Å². The molecule has 5 heteroatoms. The third kappa shape index (κ3) is 3.63. The fraction of sp³-hybridized carbons (Fsp3) is 0.538. The van der Waals surface area contributed by atoms with Crippen molar-refractivity contribution in [3.63, 3.8) is 0 Å². The lowest BCUT2D eigenvalue weighted by molar-refractivity contribution is 0.249. The molecule has 1 saturated carbocycles. The molecule has 1 aliphatic carbocycles. The van der Waals surface area contributed by atoms with Crippen LogP contribution in [0.4, 0.5) is 10.5 Å². The lowest BCUT2D eigenvalue weighted by Gasteiger charge is -2.20. The summed E-state index contributed by atoms with van der Waals surface area (Å²) in [6, 6.07) is 3.81. The van der Waals surface area contributed by atoms with Gasteiger partial charge >= 0.3 is 6.03 Å². The number of carbonyl (C=O) groups excluding carboxylic acids is 1. The minimum absolute atomic E-state index is 0.128. The molecule has 0 bridgehead atoms. The Morgan fingerprint density at radius 2 is 2.44 bits per heavy atom. The molecule has 2 rings (SSSR count). The van der Waals surface area contributed by atoms with Gasteiger partial charge in [-0.2, -0.15) is 11.8 Å². The molecular formula is C13H19N3OS. The number of thioether (sulfide) groups is 1. The normalized spacial score (nSPS) is 22.7. The molecule has 1 heterocycles. The van der Waals surface area contributed by atoms with E-state index in [4.69, 9.17) is 0 Å². The summed E-state index contributed by atoms with van der Waals surface area (Å²) in [5.74, 6) is 1.10. The molecule has 0 aliphatic heterocycles. The van der Waals surface area contributed by atoms with E-state index in [0.29, 0.717) is 11.3 Å². The fourth-order valence-corrected chi connectivity index (χ4v) is 3.47. The van der Waals surface area contributed by atoms with Gasteiger partial charge in [-0.25, -0.2) is 4.79 Å². The van der Waals surface area contributed by atoms with E-state index in [1.807, 2.05) is 17.8 Å². The summed E-state index contributed by atoms with van der Waals surface area (Å²) in [5, 5.41) is 6.44. The summed E-state index contributed by atoms with van der Waals surface area (Å²) in [6.07, 6.45) is 6.82. The number of aromatic nitrogens is 1. The first-order chi connectivity index (χ1) is 8.79. The maximum absolute atomic E-state index is 11.9. The first kappa shape index (κ1) is 13.2. The molecule has 2 atom stereocenters. The highest BCUT2D eigenvalue weighted by atomic mass is 32.2. The number of rotatable bonds is 4. The van der Waals surface area contributed by atoms with Crippen LogP contribution in [0, 0.1) is 0 Å². The summed E-state index contributed by atoms with van der Waals surface area (Å²) in [5.41, 5.74) is 0.729. The quantitative estimate of drug-likeness (QED) is 0.880. The third-order valence-corrected chi connectivity index (χ3v) is 4.39. The Hall–Kier alpha value is -1.23. The zero-order chi connectivity index (χ0) is 12.8. The van der Waals surface area contributed by atoms with Crippen molar-refractivity contribution < 1.29 is 4.79 Å². The van der Waals surface area contributed by atoms with E-state index in [-0.39, 0.29) is 6.03 Å². The zero-order valence-electron chi connectivity index (χ0n) is 10.6. The van der Waals surface area contributed by atoms with E-state index < -0.39 is 0 Å². The second-order valence-corrected chi connectivity index (χ2v) is 5.89. The standard InChI is InChI=1S/C13H19N3OS/c1-2-18-12-7-3-6-11(12)16-13(17)15-10-5-4-8-14-9-10/h4-5,8-9,11-12H,2-3,6-7H2,1H3,(H2,15,16,17). The Labute approximate surface area is 112 Å². The number of pyridine rings is 1. The Bertz CT molecular complexity index is 385. The Morgan fingerprint density at radius 3 is 3.17 bits per heavy atom. The molecule has 0 radical (unpaired) electrons. The van der Waals surface area contributed by atoms with E-state index in [1.54, 1.807) is 18.5 Å². The van der Waals surface area contributed by atoms with Gasteiger partial charge in [0.25, 0.3) is 0 Å². The Kier molecular flexibility index (Phi) is 4.87. The topological polar surface area (TPSA) is 54.0 Å². The van der Waals surface area contributed by atoms with Crippen LogP contribution in [0.5, 0.6) is 0 Å². The first-order valence-electron chi connectivity index (χ1n) is 6.38. The molecule has 2 N–H and O–H groups in total. The summed E-state index contributed by atoms with van der Waals surface area (Å²) in [4.78, 5) is 15.8. The predicted octanol–water partition coefficient (Wildman–Crippen LogP) is 2.88. The average molecular weight is 265 g/mol. The number of hydrogen-bond donors (Lipinski definition) is 2. The lowest BCUT2D eigenvalue weighted by atomic mass is 10.2. The summed E-state index contributed by atoms with van der Waals surface area (Å²) in [6.45, 7) is 2.16. The number of anilines is 1. The highest BCUT2D eigenvalue weighted by Gasteiger charge is 2.28. The molecule has 1 fully saturated rings. The molecule has 0 saturated heterocycles. The minimum Gasteiger partial charge on any atom is -0.334 e. The SMILES string of the molecule is CCSC1CCCC1NC(=O)Nc1cccnc1. The number of nitrogens with zero attached hydrogens (tertiary/aromatic N) is 1. The van der Waals surface area contributed by atoms with Crippen LogP contribution in [-0.4, -0.2) is 28.1 Å². The van der Waals surface area contributed by atoms with Crippen molar-refractivity contribution in [1.82, 2.24) is 10.3 Å². The second-order valence-electron chi connectivity index (χ2n) is 4.37. The van der Waals surface area contributed by atoms with Crippen LogP contribution in [0.15, 0.2) is 24.5 Å². The van der Waals surface area contributed by atoms with Crippen molar-refractivity contribution in [2.24, 2.45) is 0 Å². The van der Waals surface area contributed by atoms with Crippen molar-refractivity contribution in [2.45, 2.75) is 37.5 Å². The number of hydrogen-bond acceptors (Lipinski definition) is 3. The van der Waals surface area contributed by atoms with Crippen molar-refractivity contribution in [1.29, 1.82) is 0 Å². The maximum Gasteiger partial charge on any atom is 0.319 e. The zero-order valence-corrected chi connectivity index (χ0v) is 11.4. The van der Waals surface area contributed by atoms with Gasteiger partial charge in [-0.3, -0.25) is 4.98 Å². The summed E-state index contributed by atoms with van der Waals surface area (Å²) >= 11 is 1.94. The molecule has 1 aliphatic rings. The summed E-state index contributed by atoms with van der Waals surface area (Å²) < 4.78 is 0. The first-order valence-corrected chi connectivity index (χ1v) is 7.43. The van der Waals surface area contributed by atoms with Crippen LogP contribution in [0.3, 0.4) is 0 Å². The van der Waals surface area contributed by atoms with Crippen molar-refractivity contribution >= 4 is 23.5 Å². The summed E-state index contributed by atoms with van der Waals surface area (Å²) in [7, 11) is 0. The van der Waals surface area contributed by atoms with Gasteiger partial charge < -0.3 is 10.6 Å². The number of urea groups is 1. The van der Waals surface area contributed by atoms with E-state index in [2.05, 4.69) is 22.5 Å². The van der Waals surface area contributed by atoms with Crippen LogP contribution in [0.2, 0.25) is 0 Å². The number of carbonyl (C=O) groups is 1. The Balaban J connectivity index is 1.84. The van der Waals surface area contributed by atoms with Gasteiger partial charge in [0.05, 0.1) is 11.9 Å². The van der Waals surface area contributed by atoms with Crippen molar-refractivity contribution in [3.8, 4) is 0 Å². The monoisotopic (exact) mass is 265 g/mol. The average Bonchev–Trinajstić information content (AvgIpc) is 2.78. The Morgan fingerprint density at radius 1 is 1.56 bits per heavy atom. The maximum atomic E-state index is 11.9. The van der Waals surface area contributed by atoms with E-state index in [1.165, 1.54) is 12.8 Å². The molecule has 1 aromatic heterocycles. The molecular weight excluding hydrogens is 246 g/mol. The minimum atomic E-state index is -0.128. The second kappa shape index (κ2) is 6.64. The van der Waals surface area contributed by atoms with Crippen molar-refractivity contribution in [3.05, 3.63) is 24.5 Å². The molecule has 2 amide bonds. The highest BCUT2D eigenvalue weighted by molar-refractivity contribution is 7.99. The largest absolute Gasteiger partial charge is 0.334 e. The van der Waals surface area contributed by atoms with E-state index in [0.717, 1.165) is 17.9 Å². The van der Waals surface area contributed by atoms with Gasteiger partial charge in [-0.15, -0.1) is 0 Å². The van der Waals surface area contributed by atoms with Crippen LogP contribution in [-0.2, 0) is 0 Å². The van der Waals surface area contributed by atoms with Gasteiger partial charge in [-0.1, -0.05) is 13.3 Å². The van der Waals surface area contributed by atoms with E-state index >= 15 is 0 Å². The van der Waals surface area contributed by atoms with Gasteiger partial charge in [0.15, 0.2) is 0 Å². The molecule has 4 nitrogen and oxygen atoms in total. The van der Waals surface area contributed by atoms with Gasteiger partial charge in [-0.05, 0) is 30.7 Å². The lowest BCUT2D eigenvalue weighted by Crippen LogP contribution is -2.41. The van der Waals surface area contributed by atoms with Gasteiger partial charge in [0.1, 0.15) is 0 Å². The molecule has 0 aromatic carbocycles. The van der Waals surface area contributed by atoms with Gasteiger partial charge in [0.2, 0.25) is 0 Å². The number of amides is 2. The third-order valence-electron chi connectivity index (χ3n) is 3.07. The van der Waals surface area contributed by atoms with Gasteiger partial charge in [0, 0.05) is 17.5 Å². The fourth-order valence-electron chi connectivity index (χ4n) is 2.28. The number of nitrogens with one attached hydrogen (secondary N) is 2. The van der Waals surface area contributed by atoms with Crippen molar-refractivity contribution in [2.75, 3.05) is 11.1 Å². The highest BCUT2D eigenvalue weighted by Crippen LogP contribution is 2.29. The smallest absolute Gasteiger partial charge is 0.319 e. The molecule has 0 spiro atoms. The van der Waals surface area contributed by atoms with Crippen LogP contribution in [0.1, 0.15) is 26.2 Å². The molecule has 1 aromatic rings. The molecule has 98 valence electrons. The predicted molar refractivity (Wildman–Crippen MR) is 76.0 cm³/mol. The molecule has 2 unspecified atom stereocenters. The van der Waals surface area contributed by atoms with Crippen LogP contribution < -0.4 is 10.6 Å². The molecule has 18 heavy (non-hydrogen) atoms. The van der Waals surface area contributed by atoms with Crippen LogP contribution >= 0.6 is 11.8 Å².